The Balaban J connectivity index is 2.59. The molecule has 1 aromatic heterocycles. The van der Waals surface area contributed by atoms with Crippen LogP contribution in [0.5, 0.6) is 0 Å². The molecule has 0 saturated carbocycles. The van der Waals surface area contributed by atoms with E-state index < -0.39 is 0 Å². The van der Waals surface area contributed by atoms with Crippen LogP contribution in [0.15, 0.2) is 41.7 Å². The second kappa shape index (κ2) is 4.14. The van der Waals surface area contributed by atoms with Crippen LogP contribution >= 0.6 is 11.6 Å². The number of halogens is 1. The standard InChI is InChI=1S/C9H11ClN/c1-9(10)5-8-11-6-3-2-4-7-11/h2-7H,8H2,1H3/q+1/b9-5-. The molecule has 0 bridgehead atoms. The lowest BCUT2D eigenvalue weighted by molar-refractivity contribution is -0.687. The minimum Gasteiger partial charge on any atom is -0.201 e. The van der Waals surface area contributed by atoms with Crippen LogP contribution in [0.25, 0.3) is 0 Å². The van der Waals surface area contributed by atoms with Gasteiger partial charge in [0.2, 0.25) is 0 Å². The van der Waals surface area contributed by atoms with Gasteiger partial charge in [0.1, 0.15) is 0 Å². The van der Waals surface area contributed by atoms with E-state index in [-0.39, 0.29) is 0 Å². The van der Waals surface area contributed by atoms with Crippen molar-refractivity contribution >= 4 is 11.6 Å². The molecular formula is C9H11ClN+. The molecule has 0 aliphatic carbocycles. The molecule has 0 atom stereocenters. The fourth-order valence-corrected chi connectivity index (χ4v) is 0.856. The fraction of sp³-hybridized carbons (Fsp3) is 0.222. The largest absolute Gasteiger partial charge is 0.201 e. The molecular weight excluding hydrogens is 158 g/mol. The van der Waals surface area contributed by atoms with Crippen molar-refractivity contribution < 1.29 is 4.57 Å². The molecule has 0 aliphatic heterocycles. The van der Waals surface area contributed by atoms with E-state index in [2.05, 4.69) is 4.57 Å². The van der Waals surface area contributed by atoms with E-state index in [0.717, 1.165) is 11.6 Å². The summed E-state index contributed by atoms with van der Waals surface area (Å²) in [6.45, 7) is 2.72. The summed E-state index contributed by atoms with van der Waals surface area (Å²) in [6.07, 6.45) is 5.99. The van der Waals surface area contributed by atoms with Crippen molar-refractivity contribution in [2.45, 2.75) is 13.5 Å². The summed E-state index contributed by atoms with van der Waals surface area (Å²) >= 11 is 5.68. The zero-order valence-corrected chi connectivity index (χ0v) is 7.25. The summed E-state index contributed by atoms with van der Waals surface area (Å²) in [5, 5.41) is 0.835. The number of aromatic nitrogens is 1. The van der Waals surface area contributed by atoms with Crippen LogP contribution in [0.2, 0.25) is 0 Å². The van der Waals surface area contributed by atoms with Crippen molar-refractivity contribution in [2.75, 3.05) is 0 Å². The summed E-state index contributed by atoms with van der Waals surface area (Å²) in [5.74, 6) is 0. The Morgan fingerprint density at radius 2 is 2.00 bits per heavy atom. The Morgan fingerprint density at radius 1 is 1.36 bits per heavy atom. The molecule has 11 heavy (non-hydrogen) atoms. The van der Waals surface area contributed by atoms with E-state index in [1.807, 2.05) is 43.6 Å². The maximum Gasteiger partial charge on any atom is 0.169 e. The van der Waals surface area contributed by atoms with Gasteiger partial charge in [-0.2, -0.15) is 0 Å². The highest BCUT2D eigenvalue weighted by molar-refractivity contribution is 6.29. The first-order valence-electron chi connectivity index (χ1n) is 3.55. The van der Waals surface area contributed by atoms with Gasteiger partial charge in [-0.15, -0.1) is 0 Å². The third-order valence-corrected chi connectivity index (χ3v) is 1.51. The van der Waals surface area contributed by atoms with Crippen molar-refractivity contribution in [3.8, 4) is 0 Å². The summed E-state index contributed by atoms with van der Waals surface area (Å²) in [6, 6.07) is 5.99. The van der Waals surface area contributed by atoms with Crippen LogP contribution in [0.1, 0.15) is 6.92 Å². The molecule has 1 aromatic rings. The third-order valence-electron chi connectivity index (χ3n) is 1.36. The van der Waals surface area contributed by atoms with Crippen LogP contribution in [0.3, 0.4) is 0 Å². The monoisotopic (exact) mass is 168 g/mol. The zero-order valence-electron chi connectivity index (χ0n) is 6.50. The molecule has 0 amide bonds. The molecule has 1 nitrogen and oxygen atoms in total. The van der Waals surface area contributed by atoms with Crippen LogP contribution < -0.4 is 4.57 Å². The molecule has 0 fully saturated rings. The number of hydrogen-bond donors (Lipinski definition) is 0. The first-order valence-corrected chi connectivity index (χ1v) is 3.93. The van der Waals surface area contributed by atoms with Gasteiger partial charge < -0.3 is 0 Å². The molecule has 1 heterocycles. The molecule has 0 N–H and O–H groups in total. The van der Waals surface area contributed by atoms with E-state index in [4.69, 9.17) is 11.6 Å². The van der Waals surface area contributed by atoms with Gasteiger partial charge in [0.25, 0.3) is 0 Å². The topological polar surface area (TPSA) is 3.88 Å². The first kappa shape index (κ1) is 8.28. The lowest BCUT2D eigenvalue weighted by atomic mass is 10.4. The van der Waals surface area contributed by atoms with Gasteiger partial charge in [0, 0.05) is 17.2 Å². The van der Waals surface area contributed by atoms with Gasteiger partial charge >= 0.3 is 0 Å². The van der Waals surface area contributed by atoms with Gasteiger partial charge in [-0.3, -0.25) is 0 Å². The molecule has 0 radical (unpaired) electrons. The molecule has 58 valence electrons. The second-order valence-corrected chi connectivity index (χ2v) is 2.96. The predicted molar refractivity (Wildman–Crippen MR) is 46.2 cm³/mol. The number of pyridine rings is 1. The lowest BCUT2D eigenvalue weighted by Gasteiger charge is -1.89. The smallest absolute Gasteiger partial charge is 0.169 e. The maximum absolute atomic E-state index is 5.68. The quantitative estimate of drug-likeness (QED) is 0.596. The molecule has 0 saturated heterocycles. The second-order valence-electron chi connectivity index (χ2n) is 2.36. The summed E-state index contributed by atoms with van der Waals surface area (Å²) in [7, 11) is 0. The minimum atomic E-state index is 0.835. The van der Waals surface area contributed by atoms with E-state index in [0.29, 0.717) is 0 Å². The third kappa shape index (κ3) is 3.19. The molecule has 2 heteroatoms. The highest BCUT2D eigenvalue weighted by Crippen LogP contribution is 1.95. The number of hydrogen-bond acceptors (Lipinski definition) is 0. The summed E-state index contributed by atoms with van der Waals surface area (Å²) in [4.78, 5) is 0. The van der Waals surface area contributed by atoms with Crippen LogP contribution in [0.4, 0.5) is 0 Å². The molecule has 0 aliphatic rings. The lowest BCUT2D eigenvalue weighted by Crippen LogP contribution is -2.31. The predicted octanol–water partition coefficient (Wildman–Crippen LogP) is 2.12. The molecule has 0 unspecified atom stereocenters. The van der Waals surface area contributed by atoms with Gasteiger partial charge in [-0.25, -0.2) is 4.57 Å². The van der Waals surface area contributed by atoms with Gasteiger partial charge in [0.05, 0.1) is 0 Å². The maximum atomic E-state index is 5.68. The number of rotatable bonds is 2. The first-order chi connectivity index (χ1) is 5.29. The average molecular weight is 169 g/mol. The van der Waals surface area contributed by atoms with E-state index in [9.17, 15) is 0 Å². The van der Waals surface area contributed by atoms with E-state index >= 15 is 0 Å². The van der Waals surface area contributed by atoms with Crippen molar-refractivity contribution in [2.24, 2.45) is 0 Å². The van der Waals surface area contributed by atoms with Gasteiger partial charge in [-0.05, 0) is 13.0 Å². The minimum absolute atomic E-state index is 0.835. The summed E-state index contributed by atoms with van der Waals surface area (Å²) < 4.78 is 2.06. The average Bonchev–Trinajstić information content (AvgIpc) is 2.03. The number of allylic oxidation sites excluding steroid dienone is 2. The zero-order chi connectivity index (χ0) is 8.10. The van der Waals surface area contributed by atoms with E-state index in [1.165, 1.54) is 0 Å². The normalized spacial score (nSPS) is 11.6. The van der Waals surface area contributed by atoms with Crippen LogP contribution in [-0.2, 0) is 6.54 Å². The Morgan fingerprint density at radius 3 is 2.55 bits per heavy atom. The van der Waals surface area contributed by atoms with E-state index in [1.54, 1.807) is 0 Å². The molecule has 1 rings (SSSR count). The van der Waals surface area contributed by atoms with Crippen LogP contribution in [-0.4, -0.2) is 0 Å². The van der Waals surface area contributed by atoms with Crippen molar-refractivity contribution in [1.82, 2.24) is 0 Å². The van der Waals surface area contributed by atoms with Crippen molar-refractivity contribution in [3.63, 3.8) is 0 Å². The fourth-order valence-electron chi connectivity index (χ4n) is 0.787. The Hall–Kier alpha value is -0.820. The molecule has 0 aromatic carbocycles. The SMILES string of the molecule is C/C(Cl)=C/C[n+]1ccccc1. The Kier molecular flexibility index (Phi) is 3.12. The highest BCUT2D eigenvalue weighted by atomic mass is 35.5. The number of nitrogens with zero attached hydrogens (tertiary/aromatic N) is 1. The summed E-state index contributed by atoms with van der Waals surface area (Å²) in [5.41, 5.74) is 0. The Labute approximate surface area is 71.9 Å². The van der Waals surface area contributed by atoms with Crippen LogP contribution in [0, 0.1) is 0 Å². The molecule has 0 spiro atoms. The highest BCUT2D eigenvalue weighted by Gasteiger charge is 1.92. The van der Waals surface area contributed by atoms with Crippen molar-refractivity contribution in [3.05, 3.63) is 41.7 Å². The van der Waals surface area contributed by atoms with Gasteiger partial charge in [0.15, 0.2) is 18.9 Å². The Bertz CT molecular complexity index is 237. The van der Waals surface area contributed by atoms with Gasteiger partial charge in [-0.1, -0.05) is 17.7 Å². The van der Waals surface area contributed by atoms with Crippen molar-refractivity contribution in [1.29, 1.82) is 0 Å².